The lowest BCUT2D eigenvalue weighted by Gasteiger charge is -2.37. The number of halogens is 3. The van der Waals surface area contributed by atoms with Crippen molar-refractivity contribution in [2.75, 3.05) is 51.8 Å². The van der Waals surface area contributed by atoms with Crippen LogP contribution in [0.2, 0.25) is 5.02 Å². The number of nitrogens with zero attached hydrogens (tertiary/aromatic N) is 5. The number of hydrogen-bond acceptors (Lipinski definition) is 6. The molecular formula is C27H35Cl3N6O2. The van der Waals surface area contributed by atoms with Crippen molar-refractivity contribution in [2.45, 2.75) is 26.3 Å². The number of rotatable bonds is 9. The molecule has 1 aliphatic heterocycles. The SMILES string of the molecule is COc1cc2c(CCc3cnc[nH]3)nn(CCN3CCN(c4cccc(Cl)c4C)CC3)c2cc1OC.Cl.Cl. The monoisotopic (exact) mass is 580 g/mol. The van der Waals surface area contributed by atoms with Crippen LogP contribution in [0.5, 0.6) is 11.5 Å². The summed E-state index contributed by atoms with van der Waals surface area (Å²) in [6, 6.07) is 10.2. The Bertz CT molecular complexity index is 1320. The van der Waals surface area contributed by atoms with Crippen LogP contribution in [0.15, 0.2) is 42.9 Å². The first kappa shape index (κ1) is 29.9. The van der Waals surface area contributed by atoms with Crippen LogP contribution in [0, 0.1) is 6.92 Å². The van der Waals surface area contributed by atoms with Crippen LogP contribution in [-0.4, -0.2) is 71.6 Å². The summed E-state index contributed by atoms with van der Waals surface area (Å²) in [6.45, 7) is 7.84. The molecule has 1 fully saturated rings. The molecule has 0 bridgehead atoms. The maximum atomic E-state index is 6.35. The molecule has 0 atom stereocenters. The lowest BCUT2D eigenvalue weighted by molar-refractivity contribution is 0.245. The van der Waals surface area contributed by atoms with Crippen LogP contribution in [-0.2, 0) is 19.4 Å². The van der Waals surface area contributed by atoms with E-state index >= 15 is 0 Å². The van der Waals surface area contributed by atoms with Gasteiger partial charge in [0.25, 0.3) is 0 Å². The van der Waals surface area contributed by atoms with E-state index < -0.39 is 0 Å². The molecule has 206 valence electrons. The molecule has 3 heterocycles. The van der Waals surface area contributed by atoms with Gasteiger partial charge in [-0.15, -0.1) is 24.8 Å². The number of aryl methyl sites for hydroxylation is 2. The fourth-order valence-electron chi connectivity index (χ4n) is 4.98. The zero-order valence-corrected chi connectivity index (χ0v) is 24.3. The second-order valence-corrected chi connectivity index (χ2v) is 9.59. The van der Waals surface area contributed by atoms with Gasteiger partial charge in [0, 0.05) is 66.8 Å². The zero-order chi connectivity index (χ0) is 25.1. The summed E-state index contributed by atoms with van der Waals surface area (Å²) in [5.41, 5.74) is 5.62. The number of H-pyrrole nitrogens is 1. The Hall–Kier alpha value is -2.65. The number of piperazine rings is 1. The summed E-state index contributed by atoms with van der Waals surface area (Å²) in [6.07, 6.45) is 5.25. The molecule has 0 unspecified atom stereocenters. The first-order valence-corrected chi connectivity index (χ1v) is 12.8. The molecule has 0 aliphatic carbocycles. The van der Waals surface area contributed by atoms with Crippen molar-refractivity contribution in [3.63, 3.8) is 0 Å². The summed E-state index contributed by atoms with van der Waals surface area (Å²) >= 11 is 6.35. The molecule has 5 rings (SSSR count). The van der Waals surface area contributed by atoms with E-state index in [1.165, 1.54) is 5.69 Å². The van der Waals surface area contributed by atoms with Crippen molar-refractivity contribution < 1.29 is 9.47 Å². The van der Waals surface area contributed by atoms with Crippen molar-refractivity contribution in [1.82, 2.24) is 24.6 Å². The first-order chi connectivity index (χ1) is 17.6. The fourth-order valence-corrected chi connectivity index (χ4v) is 5.15. The molecule has 1 saturated heterocycles. The van der Waals surface area contributed by atoms with Crippen LogP contribution >= 0.6 is 36.4 Å². The number of aromatic nitrogens is 4. The van der Waals surface area contributed by atoms with Crippen LogP contribution in [0.4, 0.5) is 5.69 Å². The van der Waals surface area contributed by atoms with Crippen LogP contribution in [0.25, 0.3) is 10.9 Å². The molecular weight excluding hydrogens is 547 g/mol. The van der Waals surface area contributed by atoms with Gasteiger partial charge >= 0.3 is 0 Å². The zero-order valence-electron chi connectivity index (χ0n) is 21.9. The number of methoxy groups -OCH3 is 2. The van der Waals surface area contributed by atoms with Gasteiger partial charge in [0.1, 0.15) is 0 Å². The minimum Gasteiger partial charge on any atom is -0.493 e. The molecule has 8 nitrogen and oxygen atoms in total. The van der Waals surface area contributed by atoms with Gasteiger partial charge in [-0.3, -0.25) is 9.58 Å². The molecule has 0 radical (unpaired) electrons. The van der Waals surface area contributed by atoms with Crippen molar-refractivity contribution >= 4 is 53.0 Å². The van der Waals surface area contributed by atoms with Gasteiger partial charge in [-0.25, -0.2) is 4.98 Å². The third kappa shape index (κ3) is 6.31. The first-order valence-electron chi connectivity index (χ1n) is 12.4. The number of hydrogen-bond donors (Lipinski definition) is 1. The van der Waals surface area contributed by atoms with Gasteiger partial charge < -0.3 is 19.4 Å². The standard InChI is InChI=1S/C27H33ClN6O2.2ClH/c1-19-22(28)5-4-6-24(19)33-12-9-32(10-13-33)11-14-34-25-16-27(36-3)26(35-2)15-21(25)23(31-34)8-7-20-17-29-18-30-20;;/h4-6,15-18H,7-14H2,1-3H3,(H,29,30);2*1H. The number of nitrogens with one attached hydrogen (secondary N) is 1. The molecule has 38 heavy (non-hydrogen) atoms. The molecule has 2 aromatic carbocycles. The highest BCUT2D eigenvalue weighted by atomic mass is 35.5. The number of aromatic amines is 1. The van der Waals surface area contributed by atoms with Gasteiger partial charge in [-0.1, -0.05) is 17.7 Å². The van der Waals surface area contributed by atoms with E-state index in [9.17, 15) is 0 Å². The number of ether oxygens (including phenoxy) is 2. The third-order valence-corrected chi connectivity index (χ3v) is 7.51. The third-order valence-electron chi connectivity index (χ3n) is 7.10. The lowest BCUT2D eigenvalue weighted by atomic mass is 10.1. The van der Waals surface area contributed by atoms with E-state index in [0.29, 0.717) is 0 Å². The summed E-state index contributed by atoms with van der Waals surface area (Å²) in [5, 5.41) is 6.96. The summed E-state index contributed by atoms with van der Waals surface area (Å²) < 4.78 is 13.3. The number of anilines is 1. The minimum atomic E-state index is 0. The van der Waals surface area contributed by atoms with Crippen LogP contribution in [0.1, 0.15) is 17.0 Å². The van der Waals surface area contributed by atoms with Crippen molar-refractivity contribution in [3.05, 3.63) is 64.8 Å². The highest BCUT2D eigenvalue weighted by Gasteiger charge is 2.20. The van der Waals surface area contributed by atoms with Crippen LogP contribution in [0.3, 0.4) is 0 Å². The molecule has 4 aromatic rings. The number of imidazole rings is 1. The number of fused-ring (bicyclic) bond motifs is 1. The molecule has 2 aromatic heterocycles. The van der Waals surface area contributed by atoms with Gasteiger partial charge in [0.05, 0.1) is 38.3 Å². The molecule has 0 amide bonds. The second-order valence-electron chi connectivity index (χ2n) is 9.18. The summed E-state index contributed by atoms with van der Waals surface area (Å²) in [4.78, 5) is 12.3. The van der Waals surface area contributed by atoms with Crippen LogP contribution < -0.4 is 14.4 Å². The van der Waals surface area contributed by atoms with Crippen molar-refractivity contribution in [1.29, 1.82) is 0 Å². The maximum absolute atomic E-state index is 6.35. The molecule has 0 spiro atoms. The number of benzene rings is 2. The Morgan fingerprint density at radius 1 is 0.974 bits per heavy atom. The minimum absolute atomic E-state index is 0. The Kier molecular flexibility index (Phi) is 10.6. The Balaban J connectivity index is 0.00000200. The average molecular weight is 582 g/mol. The van der Waals surface area contributed by atoms with Gasteiger partial charge in [-0.05, 0) is 43.5 Å². The van der Waals surface area contributed by atoms with Gasteiger partial charge in [0.2, 0.25) is 0 Å². The predicted octanol–water partition coefficient (Wildman–Crippen LogP) is 5.19. The van der Waals surface area contributed by atoms with E-state index in [0.717, 1.165) is 96.5 Å². The average Bonchev–Trinajstić information content (AvgIpc) is 3.55. The summed E-state index contributed by atoms with van der Waals surface area (Å²) in [5.74, 6) is 1.44. The molecule has 11 heteroatoms. The topological polar surface area (TPSA) is 71.4 Å². The Labute approximate surface area is 241 Å². The second kappa shape index (κ2) is 13.4. The highest BCUT2D eigenvalue weighted by molar-refractivity contribution is 6.31. The Morgan fingerprint density at radius 2 is 1.71 bits per heavy atom. The van der Waals surface area contributed by atoms with E-state index in [1.54, 1.807) is 20.5 Å². The van der Waals surface area contributed by atoms with Crippen molar-refractivity contribution in [2.24, 2.45) is 0 Å². The van der Waals surface area contributed by atoms with Gasteiger partial charge in [0.15, 0.2) is 11.5 Å². The van der Waals surface area contributed by atoms with Crippen molar-refractivity contribution in [3.8, 4) is 11.5 Å². The predicted molar refractivity (Wildman–Crippen MR) is 158 cm³/mol. The fraction of sp³-hybridized carbons (Fsp3) is 0.407. The maximum Gasteiger partial charge on any atom is 0.162 e. The van der Waals surface area contributed by atoms with Gasteiger partial charge in [-0.2, -0.15) is 5.10 Å². The van der Waals surface area contributed by atoms with E-state index in [2.05, 4.69) is 37.4 Å². The van der Waals surface area contributed by atoms with E-state index in [1.807, 2.05) is 30.5 Å². The largest absolute Gasteiger partial charge is 0.493 e. The van der Waals surface area contributed by atoms with E-state index in [-0.39, 0.29) is 24.8 Å². The molecule has 1 N–H and O–H groups in total. The highest BCUT2D eigenvalue weighted by Crippen LogP contribution is 2.34. The Morgan fingerprint density at radius 3 is 2.39 bits per heavy atom. The smallest absolute Gasteiger partial charge is 0.162 e. The van der Waals surface area contributed by atoms with E-state index in [4.69, 9.17) is 26.2 Å². The lowest BCUT2D eigenvalue weighted by Crippen LogP contribution is -2.47. The summed E-state index contributed by atoms with van der Waals surface area (Å²) in [7, 11) is 3.34. The normalized spacial score (nSPS) is 13.7. The quantitative estimate of drug-likeness (QED) is 0.293. The molecule has 1 aliphatic rings. The molecule has 0 saturated carbocycles.